The highest BCUT2D eigenvalue weighted by molar-refractivity contribution is 9.10. The Balaban J connectivity index is 2.42. The minimum atomic E-state index is 0.597. The van der Waals surface area contributed by atoms with Gasteiger partial charge in [0.15, 0.2) is 4.73 Å². The molecule has 3 nitrogen and oxygen atoms in total. The molecule has 0 aliphatic heterocycles. The average molecular weight is 236 g/mol. The number of rotatable bonds is 1. The third-order valence-electron chi connectivity index (χ3n) is 1.62. The van der Waals surface area contributed by atoms with E-state index in [-0.39, 0.29) is 0 Å². The van der Waals surface area contributed by atoms with Crippen LogP contribution in [0.4, 0.5) is 0 Å². The van der Waals surface area contributed by atoms with Gasteiger partial charge >= 0.3 is 0 Å². The minimum Gasteiger partial charge on any atom is -0.264 e. The molecule has 2 aromatic rings. The van der Waals surface area contributed by atoms with E-state index < -0.39 is 0 Å². The van der Waals surface area contributed by atoms with Crippen LogP contribution in [0.3, 0.4) is 0 Å². The molecule has 0 spiro atoms. The fourth-order valence-electron chi connectivity index (χ4n) is 0.995. The van der Waals surface area contributed by atoms with Crippen molar-refractivity contribution in [3.63, 3.8) is 0 Å². The first-order chi connectivity index (χ1) is 6.36. The van der Waals surface area contributed by atoms with E-state index in [9.17, 15) is 0 Å². The molecule has 0 amide bonds. The molecule has 0 atom stereocenters. The molecule has 2 rings (SSSR count). The Morgan fingerprint density at radius 2 is 1.77 bits per heavy atom. The van der Waals surface area contributed by atoms with Crippen LogP contribution in [-0.4, -0.2) is 15.0 Å². The van der Waals surface area contributed by atoms with Gasteiger partial charge in [0.1, 0.15) is 0 Å². The lowest BCUT2D eigenvalue weighted by atomic mass is 10.2. The smallest absolute Gasteiger partial charge is 0.196 e. The summed E-state index contributed by atoms with van der Waals surface area (Å²) in [5.41, 5.74) is 1.99. The molecule has 0 aliphatic rings. The number of hydrogen-bond donors (Lipinski definition) is 0. The summed E-state index contributed by atoms with van der Waals surface area (Å²) in [5, 5.41) is 0. The molecule has 0 saturated carbocycles. The monoisotopic (exact) mass is 235 g/mol. The van der Waals surface area contributed by atoms with E-state index in [2.05, 4.69) is 30.9 Å². The fraction of sp³-hybridized carbons (Fsp3) is 0. The van der Waals surface area contributed by atoms with Crippen LogP contribution < -0.4 is 0 Å². The lowest BCUT2D eigenvalue weighted by Crippen LogP contribution is -1.84. The minimum absolute atomic E-state index is 0.597. The van der Waals surface area contributed by atoms with Crippen molar-refractivity contribution in [3.8, 4) is 11.1 Å². The predicted molar refractivity (Wildman–Crippen MR) is 53.0 cm³/mol. The first-order valence-corrected chi connectivity index (χ1v) is 4.53. The Kier molecular flexibility index (Phi) is 2.31. The van der Waals surface area contributed by atoms with Crippen molar-refractivity contribution in [2.24, 2.45) is 0 Å². The van der Waals surface area contributed by atoms with Crippen molar-refractivity contribution < 1.29 is 0 Å². The molecular formula is C9H6BrN3. The quantitative estimate of drug-likeness (QED) is 0.713. The molecule has 2 aromatic heterocycles. The first kappa shape index (κ1) is 8.31. The van der Waals surface area contributed by atoms with Gasteiger partial charge in [0.05, 0.1) is 0 Å². The second-order valence-corrected chi connectivity index (χ2v) is 3.19. The molecule has 0 unspecified atom stereocenters. The van der Waals surface area contributed by atoms with Gasteiger partial charge < -0.3 is 0 Å². The van der Waals surface area contributed by atoms with Gasteiger partial charge in [-0.1, -0.05) is 6.07 Å². The summed E-state index contributed by atoms with van der Waals surface area (Å²) < 4.78 is 0.597. The summed E-state index contributed by atoms with van der Waals surface area (Å²) in [6.07, 6.45) is 7.04. The Hall–Kier alpha value is -1.29. The van der Waals surface area contributed by atoms with Gasteiger partial charge in [0, 0.05) is 35.9 Å². The van der Waals surface area contributed by atoms with Crippen LogP contribution in [0.15, 0.2) is 41.7 Å². The van der Waals surface area contributed by atoms with E-state index >= 15 is 0 Å². The third-order valence-corrected chi connectivity index (χ3v) is 2.02. The third kappa shape index (κ3) is 1.89. The summed E-state index contributed by atoms with van der Waals surface area (Å²) in [5.74, 6) is 0. The zero-order chi connectivity index (χ0) is 9.10. The van der Waals surface area contributed by atoms with Gasteiger partial charge in [-0.05, 0) is 22.0 Å². The van der Waals surface area contributed by atoms with Gasteiger partial charge in [-0.25, -0.2) is 9.97 Å². The number of aromatic nitrogens is 3. The maximum atomic E-state index is 4.03. The molecule has 0 bridgehead atoms. The maximum Gasteiger partial charge on any atom is 0.196 e. The van der Waals surface area contributed by atoms with Crippen molar-refractivity contribution in [2.45, 2.75) is 0 Å². The predicted octanol–water partition coefficient (Wildman–Crippen LogP) is 2.30. The normalized spacial score (nSPS) is 9.92. The topological polar surface area (TPSA) is 38.7 Å². The number of hydrogen-bond acceptors (Lipinski definition) is 3. The standard InChI is InChI=1S/C9H6BrN3/c10-9-12-5-8(6-13-9)7-2-1-3-11-4-7/h1-6H. The van der Waals surface area contributed by atoms with Crippen LogP contribution in [-0.2, 0) is 0 Å². The Bertz CT molecular complexity index is 385. The van der Waals surface area contributed by atoms with Crippen molar-refractivity contribution in [3.05, 3.63) is 41.7 Å². The van der Waals surface area contributed by atoms with E-state index in [1.165, 1.54) is 0 Å². The van der Waals surface area contributed by atoms with Gasteiger partial charge in [-0.15, -0.1) is 0 Å². The largest absolute Gasteiger partial charge is 0.264 e. The Morgan fingerprint density at radius 3 is 2.38 bits per heavy atom. The van der Waals surface area contributed by atoms with Crippen LogP contribution >= 0.6 is 15.9 Å². The highest BCUT2D eigenvalue weighted by Gasteiger charge is 1.97. The van der Waals surface area contributed by atoms with Crippen molar-refractivity contribution >= 4 is 15.9 Å². The van der Waals surface area contributed by atoms with Crippen LogP contribution in [0.1, 0.15) is 0 Å². The summed E-state index contributed by atoms with van der Waals surface area (Å²) in [7, 11) is 0. The summed E-state index contributed by atoms with van der Waals surface area (Å²) in [4.78, 5) is 12.1. The number of halogens is 1. The van der Waals surface area contributed by atoms with Crippen LogP contribution in [0.5, 0.6) is 0 Å². The first-order valence-electron chi connectivity index (χ1n) is 3.74. The molecule has 0 saturated heterocycles. The maximum absolute atomic E-state index is 4.03. The zero-order valence-electron chi connectivity index (χ0n) is 6.68. The van der Waals surface area contributed by atoms with Crippen LogP contribution in [0, 0.1) is 0 Å². The molecule has 13 heavy (non-hydrogen) atoms. The molecule has 4 heteroatoms. The highest BCUT2D eigenvalue weighted by Crippen LogP contribution is 2.15. The lowest BCUT2D eigenvalue weighted by Gasteiger charge is -1.98. The van der Waals surface area contributed by atoms with E-state index in [1.807, 2.05) is 12.1 Å². The summed E-state index contributed by atoms with van der Waals surface area (Å²) in [6.45, 7) is 0. The van der Waals surface area contributed by atoms with Crippen LogP contribution in [0.25, 0.3) is 11.1 Å². The van der Waals surface area contributed by atoms with E-state index in [0.29, 0.717) is 4.73 Å². The van der Waals surface area contributed by atoms with Gasteiger partial charge in [0.25, 0.3) is 0 Å². The number of nitrogens with zero attached hydrogens (tertiary/aromatic N) is 3. The van der Waals surface area contributed by atoms with Gasteiger partial charge in [-0.2, -0.15) is 0 Å². The van der Waals surface area contributed by atoms with Gasteiger partial charge in [0.2, 0.25) is 0 Å². The van der Waals surface area contributed by atoms with E-state index in [4.69, 9.17) is 0 Å². The molecule has 0 aliphatic carbocycles. The number of pyridine rings is 1. The van der Waals surface area contributed by atoms with Crippen molar-refractivity contribution in [2.75, 3.05) is 0 Å². The molecule has 0 radical (unpaired) electrons. The van der Waals surface area contributed by atoms with Crippen molar-refractivity contribution in [1.29, 1.82) is 0 Å². The Morgan fingerprint density at radius 1 is 1.00 bits per heavy atom. The highest BCUT2D eigenvalue weighted by atomic mass is 79.9. The average Bonchev–Trinajstić information content (AvgIpc) is 2.20. The van der Waals surface area contributed by atoms with E-state index in [0.717, 1.165) is 11.1 Å². The SMILES string of the molecule is Brc1ncc(-c2cccnc2)cn1. The molecule has 2 heterocycles. The molecular weight excluding hydrogens is 230 g/mol. The van der Waals surface area contributed by atoms with E-state index in [1.54, 1.807) is 24.8 Å². The molecule has 0 N–H and O–H groups in total. The second-order valence-electron chi connectivity index (χ2n) is 2.48. The molecule has 64 valence electrons. The zero-order valence-corrected chi connectivity index (χ0v) is 8.27. The van der Waals surface area contributed by atoms with Crippen LogP contribution in [0.2, 0.25) is 0 Å². The summed E-state index contributed by atoms with van der Waals surface area (Å²) >= 11 is 3.18. The molecule has 0 aromatic carbocycles. The second kappa shape index (κ2) is 3.62. The Labute approximate surface area is 84.0 Å². The molecule has 0 fully saturated rings. The summed E-state index contributed by atoms with van der Waals surface area (Å²) in [6, 6.07) is 3.86. The van der Waals surface area contributed by atoms with Crippen molar-refractivity contribution in [1.82, 2.24) is 15.0 Å². The lowest BCUT2D eigenvalue weighted by molar-refractivity contribution is 1.11. The van der Waals surface area contributed by atoms with Gasteiger partial charge in [-0.3, -0.25) is 4.98 Å². The fourth-order valence-corrected chi connectivity index (χ4v) is 1.20.